The SMILES string of the molecule is CC(=O)c1ccc(Nc2ncc3c(n2)N(C2CCCC2)C(=O)[C@]2(CCNC2=O)C3)cc1F. The monoisotopic (exact) mass is 437 g/mol. The molecule has 1 aromatic heterocycles. The number of nitrogens with one attached hydrogen (secondary N) is 2. The Bertz CT molecular complexity index is 1130. The fourth-order valence-corrected chi connectivity index (χ4v) is 5.07. The van der Waals surface area contributed by atoms with Crippen molar-refractivity contribution in [3.63, 3.8) is 0 Å². The normalized spacial score (nSPS) is 22.9. The molecule has 2 amide bonds. The van der Waals surface area contributed by atoms with Gasteiger partial charge in [0.25, 0.3) is 0 Å². The molecular formula is C23H24FN5O3. The second-order valence-corrected chi connectivity index (χ2v) is 8.80. The van der Waals surface area contributed by atoms with Crippen molar-refractivity contribution in [3.05, 3.63) is 41.3 Å². The van der Waals surface area contributed by atoms with Crippen LogP contribution < -0.4 is 15.5 Å². The van der Waals surface area contributed by atoms with Gasteiger partial charge in [-0.2, -0.15) is 4.98 Å². The number of benzene rings is 1. The average molecular weight is 437 g/mol. The van der Waals surface area contributed by atoms with Crippen LogP contribution in [0.1, 0.15) is 54.9 Å². The number of carbonyl (C=O) groups is 3. The first kappa shape index (κ1) is 20.5. The average Bonchev–Trinajstić information content (AvgIpc) is 3.40. The highest BCUT2D eigenvalue weighted by Gasteiger charge is 2.56. The molecule has 2 fully saturated rings. The zero-order chi connectivity index (χ0) is 22.5. The molecule has 8 nitrogen and oxygen atoms in total. The highest BCUT2D eigenvalue weighted by atomic mass is 19.1. The van der Waals surface area contributed by atoms with Gasteiger partial charge in [-0.05, 0) is 44.4 Å². The van der Waals surface area contributed by atoms with Crippen LogP contribution in [-0.2, 0) is 16.0 Å². The largest absolute Gasteiger partial charge is 0.355 e. The van der Waals surface area contributed by atoms with Crippen LogP contribution >= 0.6 is 0 Å². The molecule has 2 N–H and O–H groups in total. The molecule has 32 heavy (non-hydrogen) atoms. The van der Waals surface area contributed by atoms with Crippen LogP contribution in [0.5, 0.6) is 0 Å². The van der Waals surface area contributed by atoms with Crippen molar-refractivity contribution in [1.29, 1.82) is 0 Å². The lowest BCUT2D eigenvalue weighted by Gasteiger charge is -2.40. The lowest BCUT2D eigenvalue weighted by atomic mass is 9.76. The first-order valence-electron chi connectivity index (χ1n) is 10.9. The molecule has 9 heteroatoms. The molecule has 0 bridgehead atoms. The summed E-state index contributed by atoms with van der Waals surface area (Å²) in [5, 5.41) is 5.78. The van der Waals surface area contributed by atoms with Crippen molar-refractivity contribution in [2.45, 2.75) is 51.5 Å². The number of anilines is 3. The molecule has 5 rings (SSSR count). The van der Waals surface area contributed by atoms with Gasteiger partial charge in [-0.1, -0.05) is 12.8 Å². The Labute approximate surface area is 184 Å². The standard InChI is InChI=1S/C23H24FN5O3/c1-13(30)17-7-6-15(10-18(17)24)27-22-26-12-14-11-23(8-9-25-20(23)31)21(32)29(19(14)28-22)16-4-2-3-5-16/h6-7,10,12,16H,2-5,8-9,11H2,1H3,(H,25,31)(H,26,27,28)/t23-/m1/s1. The van der Waals surface area contributed by atoms with E-state index in [-0.39, 0.29) is 41.6 Å². The van der Waals surface area contributed by atoms with E-state index in [0.29, 0.717) is 24.5 Å². The van der Waals surface area contributed by atoms with Gasteiger partial charge in [0.15, 0.2) is 5.78 Å². The number of hydrogen-bond donors (Lipinski definition) is 2. The minimum Gasteiger partial charge on any atom is -0.355 e. The summed E-state index contributed by atoms with van der Waals surface area (Å²) in [5.41, 5.74) is 0.0883. The predicted octanol–water partition coefficient (Wildman–Crippen LogP) is 2.90. The highest BCUT2D eigenvalue weighted by Crippen LogP contribution is 2.44. The third-order valence-corrected chi connectivity index (χ3v) is 6.76. The van der Waals surface area contributed by atoms with Crippen molar-refractivity contribution in [2.24, 2.45) is 5.41 Å². The number of ketones is 1. The predicted molar refractivity (Wildman–Crippen MR) is 115 cm³/mol. The summed E-state index contributed by atoms with van der Waals surface area (Å²) in [6.07, 6.45) is 6.18. The van der Waals surface area contributed by atoms with Crippen LogP contribution in [0.15, 0.2) is 24.4 Å². The molecule has 0 unspecified atom stereocenters. The van der Waals surface area contributed by atoms with Crippen molar-refractivity contribution < 1.29 is 18.8 Å². The zero-order valence-corrected chi connectivity index (χ0v) is 17.8. The first-order valence-corrected chi connectivity index (χ1v) is 10.9. The molecule has 0 radical (unpaired) electrons. The number of fused-ring (bicyclic) bond motifs is 1. The summed E-state index contributed by atoms with van der Waals surface area (Å²) in [7, 11) is 0. The number of amides is 2. The second-order valence-electron chi connectivity index (χ2n) is 8.80. The highest BCUT2D eigenvalue weighted by molar-refractivity contribution is 6.14. The van der Waals surface area contributed by atoms with Crippen LogP contribution in [0.4, 0.5) is 21.8 Å². The van der Waals surface area contributed by atoms with Gasteiger partial charge in [-0.15, -0.1) is 0 Å². The number of aromatic nitrogens is 2. The van der Waals surface area contributed by atoms with E-state index in [1.54, 1.807) is 17.2 Å². The molecule has 1 spiro atoms. The summed E-state index contributed by atoms with van der Waals surface area (Å²) >= 11 is 0. The van der Waals surface area contributed by atoms with Gasteiger partial charge >= 0.3 is 0 Å². The molecule has 166 valence electrons. The van der Waals surface area contributed by atoms with Gasteiger partial charge in [-0.25, -0.2) is 9.37 Å². The molecule has 3 heterocycles. The minimum absolute atomic E-state index is 0.00173. The van der Waals surface area contributed by atoms with Crippen molar-refractivity contribution in [2.75, 3.05) is 16.8 Å². The topological polar surface area (TPSA) is 104 Å². The smallest absolute Gasteiger partial charge is 0.244 e. The van der Waals surface area contributed by atoms with Gasteiger partial charge in [0.1, 0.15) is 17.1 Å². The van der Waals surface area contributed by atoms with Crippen LogP contribution in [-0.4, -0.2) is 40.2 Å². The van der Waals surface area contributed by atoms with Crippen LogP contribution in [0.2, 0.25) is 0 Å². The number of nitrogens with zero attached hydrogens (tertiary/aromatic N) is 3. The Balaban J connectivity index is 1.51. The van der Waals surface area contributed by atoms with E-state index in [1.807, 2.05) is 0 Å². The number of Topliss-reactive ketones (excluding diaryl/α,β-unsaturated/α-hetero) is 1. The Morgan fingerprint density at radius 1 is 1.28 bits per heavy atom. The number of carbonyl (C=O) groups excluding carboxylic acids is 3. The molecule has 1 saturated carbocycles. The quantitative estimate of drug-likeness (QED) is 0.563. The molecule has 1 saturated heterocycles. The van der Waals surface area contributed by atoms with Gasteiger partial charge in [0.05, 0.1) is 5.56 Å². The van der Waals surface area contributed by atoms with E-state index in [4.69, 9.17) is 0 Å². The molecule has 2 aromatic rings. The molecule has 1 aromatic carbocycles. The number of halogens is 1. The Hall–Kier alpha value is -3.36. The van der Waals surface area contributed by atoms with Gasteiger partial charge < -0.3 is 10.6 Å². The molecular weight excluding hydrogens is 413 g/mol. The van der Waals surface area contributed by atoms with Gasteiger partial charge in [0, 0.05) is 36.5 Å². The van der Waals surface area contributed by atoms with Crippen LogP contribution in [0, 0.1) is 11.2 Å². The molecule has 1 atom stereocenters. The summed E-state index contributed by atoms with van der Waals surface area (Å²) < 4.78 is 14.2. The Morgan fingerprint density at radius 2 is 2.06 bits per heavy atom. The van der Waals surface area contributed by atoms with Gasteiger partial charge in [0.2, 0.25) is 17.8 Å². The Morgan fingerprint density at radius 3 is 2.72 bits per heavy atom. The molecule has 3 aliphatic rings. The summed E-state index contributed by atoms with van der Waals surface area (Å²) in [5.74, 6) is -0.647. The fraction of sp³-hybridized carbons (Fsp3) is 0.435. The van der Waals surface area contributed by atoms with E-state index in [9.17, 15) is 18.8 Å². The van der Waals surface area contributed by atoms with Crippen molar-refractivity contribution >= 4 is 35.1 Å². The lowest BCUT2D eigenvalue weighted by Crippen LogP contribution is -2.56. The summed E-state index contributed by atoms with van der Waals surface area (Å²) in [4.78, 5) is 48.5. The van der Waals surface area contributed by atoms with E-state index >= 15 is 0 Å². The molecule has 1 aliphatic carbocycles. The maximum Gasteiger partial charge on any atom is 0.244 e. The first-order chi connectivity index (χ1) is 15.4. The fourth-order valence-electron chi connectivity index (χ4n) is 5.07. The maximum atomic E-state index is 14.2. The van der Waals surface area contributed by atoms with Crippen molar-refractivity contribution in [1.82, 2.24) is 15.3 Å². The second kappa shape index (κ2) is 7.65. The summed E-state index contributed by atoms with van der Waals surface area (Å²) in [6, 6.07) is 4.22. The van der Waals surface area contributed by atoms with Crippen LogP contribution in [0.3, 0.4) is 0 Å². The third-order valence-electron chi connectivity index (χ3n) is 6.76. The van der Waals surface area contributed by atoms with Crippen molar-refractivity contribution in [3.8, 4) is 0 Å². The minimum atomic E-state index is -1.08. The number of rotatable bonds is 4. The lowest BCUT2D eigenvalue weighted by molar-refractivity contribution is -0.140. The Kier molecular flexibility index (Phi) is 4.91. The van der Waals surface area contributed by atoms with Gasteiger partial charge in [-0.3, -0.25) is 19.3 Å². The number of hydrogen-bond acceptors (Lipinski definition) is 6. The maximum absolute atomic E-state index is 14.2. The molecule has 2 aliphatic heterocycles. The summed E-state index contributed by atoms with van der Waals surface area (Å²) in [6.45, 7) is 1.80. The zero-order valence-electron chi connectivity index (χ0n) is 17.8. The third kappa shape index (κ3) is 3.23. The van der Waals surface area contributed by atoms with E-state index in [2.05, 4.69) is 20.6 Å². The van der Waals surface area contributed by atoms with Crippen LogP contribution in [0.25, 0.3) is 0 Å². The van der Waals surface area contributed by atoms with E-state index in [1.165, 1.54) is 19.1 Å². The van der Waals surface area contributed by atoms with E-state index < -0.39 is 11.2 Å². The van der Waals surface area contributed by atoms with E-state index in [0.717, 1.165) is 31.2 Å².